The molecule has 0 aliphatic rings. The Balaban J connectivity index is 2.00. The van der Waals surface area contributed by atoms with E-state index in [1.54, 1.807) is 24.3 Å². The highest BCUT2D eigenvalue weighted by molar-refractivity contribution is 6.21. The molecule has 0 saturated carbocycles. The van der Waals surface area contributed by atoms with Crippen molar-refractivity contribution in [2.24, 2.45) is 0 Å². The average Bonchev–Trinajstić information content (AvgIpc) is 2.81. The molecule has 1 nitrogen and oxygen atoms in total. The van der Waals surface area contributed by atoms with Crippen LogP contribution in [0.5, 0.6) is 5.75 Å². The lowest BCUT2D eigenvalue weighted by Crippen LogP contribution is -1.98. The Bertz CT molecular complexity index is 1560. The zero-order valence-corrected chi connectivity index (χ0v) is 17.5. The normalized spacial score (nSPS) is 11.4. The van der Waals surface area contributed by atoms with Crippen molar-refractivity contribution in [1.29, 1.82) is 0 Å². The quantitative estimate of drug-likeness (QED) is 0.147. The Labute approximate surface area is 189 Å². The smallest absolute Gasteiger partial charge is 0.194 e. The van der Waals surface area contributed by atoms with Crippen LogP contribution in [0.25, 0.3) is 43.8 Å². The van der Waals surface area contributed by atoms with Crippen molar-refractivity contribution in [2.75, 3.05) is 7.11 Å². The molecule has 0 N–H and O–H groups in total. The summed E-state index contributed by atoms with van der Waals surface area (Å²) in [6.45, 7) is 0. The van der Waals surface area contributed by atoms with Crippen LogP contribution in [0.1, 0.15) is 0 Å². The van der Waals surface area contributed by atoms with Crippen molar-refractivity contribution >= 4 is 21.5 Å². The Morgan fingerprint density at radius 2 is 1.09 bits per heavy atom. The van der Waals surface area contributed by atoms with Crippen molar-refractivity contribution in [2.45, 2.75) is 0 Å². The molecule has 5 rings (SSSR count). The Hall–Kier alpha value is -4.00. The molecule has 0 bridgehead atoms. The van der Waals surface area contributed by atoms with Crippen LogP contribution in [-0.4, -0.2) is 7.11 Å². The number of hydrogen-bond donors (Lipinski definition) is 0. The fourth-order valence-corrected chi connectivity index (χ4v) is 4.34. The molecule has 0 atom stereocenters. The zero-order valence-electron chi connectivity index (χ0n) is 17.5. The SMILES string of the molecule is COc1cc(F)c(-c2c3ccccc3c(-c3cc(F)c(F)c(F)c3)c3ccc(F)cc23)c(F)c1. The highest BCUT2D eigenvalue weighted by Crippen LogP contribution is 2.45. The highest BCUT2D eigenvalue weighted by atomic mass is 19.2. The van der Waals surface area contributed by atoms with E-state index in [0.29, 0.717) is 10.8 Å². The van der Waals surface area contributed by atoms with Gasteiger partial charge in [0.15, 0.2) is 17.5 Å². The van der Waals surface area contributed by atoms with Crippen molar-refractivity contribution in [3.8, 4) is 28.0 Å². The summed E-state index contributed by atoms with van der Waals surface area (Å²) in [5.74, 6) is -7.00. The van der Waals surface area contributed by atoms with Gasteiger partial charge in [0, 0.05) is 17.7 Å². The van der Waals surface area contributed by atoms with E-state index < -0.39 is 40.5 Å². The number of rotatable bonds is 3. The van der Waals surface area contributed by atoms with Crippen molar-refractivity contribution in [3.05, 3.63) is 102 Å². The second-order valence-corrected chi connectivity index (χ2v) is 7.71. The van der Waals surface area contributed by atoms with Gasteiger partial charge >= 0.3 is 0 Å². The largest absolute Gasteiger partial charge is 0.497 e. The number of benzene rings is 5. The van der Waals surface area contributed by atoms with Gasteiger partial charge in [-0.3, -0.25) is 0 Å². The van der Waals surface area contributed by atoms with Crippen molar-refractivity contribution in [1.82, 2.24) is 0 Å². The topological polar surface area (TPSA) is 9.23 Å². The summed E-state index contributed by atoms with van der Waals surface area (Å²) in [6.07, 6.45) is 0. The molecule has 7 heteroatoms. The van der Waals surface area contributed by atoms with Crippen LogP contribution in [0.4, 0.5) is 26.3 Å². The van der Waals surface area contributed by atoms with E-state index in [4.69, 9.17) is 4.74 Å². The first kappa shape index (κ1) is 21.8. The van der Waals surface area contributed by atoms with E-state index >= 15 is 8.78 Å². The average molecular weight is 468 g/mol. The number of halogens is 6. The summed E-state index contributed by atoms with van der Waals surface area (Å²) in [5.41, 5.74) is -0.0851. The van der Waals surface area contributed by atoms with Crippen LogP contribution in [0, 0.1) is 34.9 Å². The second-order valence-electron chi connectivity index (χ2n) is 7.71. The summed E-state index contributed by atoms with van der Waals surface area (Å²) in [7, 11) is 1.27. The van der Waals surface area contributed by atoms with Gasteiger partial charge in [-0.15, -0.1) is 0 Å². The molecule has 0 spiro atoms. The van der Waals surface area contributed by atoms with Gasteiger partial charge in [-0.05, 0) is 56.9 Å². The molecule has 5 aromatic rings. The third-order valence-corrected chi connectivity index (χ3v) is 5.76. The van der Waals surface area contributed by atoms with Crippen molar-refractivity contribution < 1.29 is 31.1 Å². The van der Waals surface area contributed by atoms with Gasteiger partial charge in [-0.25, -0.2) is 26.3 Å². The van der Waals surface area contributed by atoms with Gasteiger partial charge < -0.3 is 4.74 Å². The first-order chi connectivity index (χ1) is 16.3. The van der Waals surface area contributed by atoms with Gasteiger partial charge in [-0.1, -0.05) is 30.3 Å². The molecule has 0 radical (unpaired) electrons. The number of methoxy groups -OCH3 is 1. The number of hydrogen-bond acceptors (Lipinski definition) is 1. The molecular formula is C27H14F6O. The fraction of sp³-hybridized carbons (Fsp3) is 0.0370. The zero-order chi connectivity index (χ0) is 24.1. The Kier molecular flexibility index (Phi) is 5.20. The predicted molar refractivity (Wildman–Crippen MR) is 119 cm³/mol. The number of ether oxygens (including phenoxy) is 1. The minimum atomic E-state index is -1.62. The lowest BCUT2D eigenvalue weighted by Gasteiger charge is -2.19. The van der Waals surface area contributed by atoms with Crippen LogP contribution in [0.2, 0.25) is 0 Å². The lowest BCUT2D eigenvalue weighted by atomic mass is 9.85. The van der Waals surface area contributed by atoms with E-state index in [-0.39, 0.29) is 33.2 Å². The molecule has 0 unspecified atom stereocenters. The minimum absolute atomic E-state index is 0.00793. The van der Waals surface area contributed by atoms with Gasteiger partial charge in [0.25, 0.3) is 0 Å². The molecule has 0 saturated heterocycles. The maximum absolute atomic E-state index is 15.2. The van der Waals surface area contributed by atoms with Gasteiger partial charge in [0.1, 0.15) is 23.2 Å². The highest BCUT2D eigenvalue weighted by Gasteiger charge is 2.23. The van der Waals surface area contributed by atoms with Crippen LogP contribution in [0.15, 0.2) is 66.7 Å². The Morgan fingerprint density at radius 1 is 0.529 bits per heavy atom. The fourth-order valence-electron chi connectivity index (χ4n) is 4.34. The van der Waals surface area contributed by atoms with Gasteiger partial charge in [-0.2, -0.15) is 0 Å². The summed E-state index contributed by atoms with van der Waals surface area (Å²) in [4.78, 5) is 0. The standard InChI is InChI=1S/C27H14F6O/c1-34-15-11-20(29)26(21(30)12-15)25-17-5-3-2-4-16(17)24(18-7-6-14(28)10-19(18)25)13-8-22(31)27(33)23(32)9-13/h2-12H,1H3. The summed E-state index contributed by atoms with van der Waals surface area (Å²) in [5, 5.41) is 1.08. The van der Waals surface area contributed by atoms with E-state index in [9.17, 15) is 17.6 Å². The lowest BCUT2D eigenvalue weighted by molar-refractivity contribution is 0.407. The summed E-state index contributed by atoms with van der Waals surface area (Å²) < 4.78 is 91.5. The summed E-state index contributed by atoms with van der Waals surface area (Å²) in [6, 6.07) is 13.7. The molecule has 0 fully saturated rings. The van der Waals surface area contributed by atoms with Crippen LogP contribution in [-0.2, 0) is 0 Å². The van der Waals surface area contributed by atoms with E-state index in [2.05, 4.69) is 0 Å². The Morgan fingerprint density at radius 3 is 1.68 bits per heavy atom. The van der Waals surface area contributed by atoms with Crippen LogP contribution < -0.4 is 4.74 Å². The third kappa shape index (κ3) is 3.36. The monoisotopic (exact) mass is 468 g/mol. The van der Waals surface area contributed by atoms with Gasteiger partial charge in [0.2, 0.25) is 0 Å². The molecule has 5 aromatic carbocycles. The van der Waals surface area contributed by atoms with Crippen LogP contribution >= 0.6 is 0 Å². The molecule has 170 valence electrons. The first-order valence-electron chi connectivity index (χ1n) is 10.1. The minimum Gasteiger partial charge on any atom is -0.497 e. The first-order valence-corrected chi connectivity index (χ1v) is 10.1. The molecule has 0 aromatic heterocycles. The maximum atomic E-state index is 15.2. The van der Waals surface area contributed by atoms with Crippen molar-refractivity contribution in [3.63, 3.8) is 0 Å². The molecule has 34 heavy (non-hydrogen) atoms. The van der Waals surface area contributed by atoms with E-state index in [1.807, 2.05) is 0 Å². The predicted octanol–water partition coefficient (Wildman–Crippen LogP) is 8.17. The third-order valence-electron chi connectivity index (χ3n) is 5.76. The second kappa shape index (κ2) is 8.09. The number of fused-ring (bicyclic) bond motifs is 2. The molecule has 0 aliphatic carbocycles. The molecule has 0 heterocycles. The molecule has 0 aliphatic heterocycles. The van der Waals surface area contributed by atoms with E-state index in [0.717, 1.165) is 36.4 Å². The molecule has 0 amide bonds. The van der Waals surface area contributed by atoms with Gasteiger partial charge in [0.05, 0.1) is 12.7 Å². The van der Waals surface area contributed by atoms with Crippen LogP contribution in [0.3, 0.4) is 0 Å². The molecular weight excluding hydrogens is 454 g/mol. The maximum Gasteiger partial charge on any atom is 0.194 e. The summed E-state index contributed by atoms with van der Waals surface area (Å²) >= 11 is 0. The van der Waals surface area contributed by atoms with E-state index in [1.165, 1.54) is 13.2 Å².